The summed E-state index contributed by atoms with van der Waals surface area (Å²) in [5.74, 6) is 1.61. The van der Waals surface area contributed by atoms with Crippen molar-refractivity contribution >= 4 is 10.0 Å². The van der Waals surface area contributed by atoms with Gasteiger partial charge in [-0.15, -0.1) is 0 Å². The summed E-state index contributed by atoms with van der Waals surface area (Å²) >= 11 is 0. The van der Waals surface area contributed by atoms with Gasteiger partial charge in [0.25, 0.3) is 0 Å². The second-order valence-electron chi connectivity index (χ2n) is 7.76. The molecule has 0 unspecified atom stereocenters. The van der Waals surface area contributed by atoms with Crippen molar-refractivity contribution in [3.8, 4) is 11.5 Å². The van der Waals surface area contributed by atoms with Crippen LogP contribution in [0, 0.1) is 0 Å². The molecule has 1 heterocycles. The highest BCUT2D eigenvalue weighted by atomic mass is 32.2. The number of benzene rings is 1. The van der Waals surface area contributed by atoms with E-state index in [-0.39, 0.29) is 17.4 Å². The lowest BCUT2D eigenvalue weighted by molar-refractivity contribution is 0.132. The Labute approximate surface area is 151 Å². The van der Waals surface area contributed by atoms with Crippen LogP contribution in [0.4, 0.5) is 0 Å². The molecular formula is C19H29NO4S. The van der Waals surface area contributed by atoms with Gasteiger partial charge in [0.05, 0.1) is 12.4 Å². The van der Waals surface area contributed by atoms with E-state index in [0.717, 1.165) is 43.4 Å². The van der Waals surface area contributed by atoms with E-state index in [2.05, 4.69) is 24.6 Å². The first kappa shape index (κ1) is 18.5. The summed E-state index contributed by atoms with van der Waals surface area (Å²) in [6.07, 6.45) is 6.69. The standard InChI is InChI=1S/C19H29NO4S/c1-19(2)14-15-8-6-11-17(18(15)24-19)23-12-7-13-25(21,22)20-16-9-4-3-5-10-16/h6,8,11,16,20H,3-5,7,9-10,12-14H2,1-2H3. The zero-order valence-electron chi connectivity index (χ0n) is 15.2. The second-order valence-corrected chi connectivity index (χ2v) is 9.63. The maximum absolute atomic E-state index is 12.2. The summed E-state index contributed by atoms with van der Waals surface area (Å²) in [5.41, 5.74) is 0.934. The number of sulfonamides is 1. The lowest BCUT2D eigenvalue weighted by Crippen LogP contribution is -2.37. The minimum atomic E-state index is -3.23. The fraction of sp³-hybridized carbons (Fsp3) is 0.684. The molecule has 1 fully saturated rings. The molecule has 0 aromatic heterocycles. The van der Waals surface area contributed by atoms with E-state index in [1.165, 1.54) is 6.42 Å². The van der Waals surface area contributed by atoms with Crippen molar-refractivity contribution in [3.05, 3.63) is 23.8 Å². The lowest BCUT2D eigenvalue weighted by Gasteiger charge is -2.22. The van der Waals surface area contributed by atoms with Gasteiger partial charge in [0.1, 0.15) is 5.60 Å². The van der Waals surface area contributed by atoms with E-state index in [1.807, 2.05) is 12.1 Å². The van der Waals surface area contributed by atoms with Crippen LogP contribution in [0.1, 0.15) is 57.9 Å². The Kier molecular flexibility index (Phi) is 5.58. The number of fused-ring (bicyclic) bond motifs is 1. The highest BCUT2D eigenvalue weighted by Crippen LogP contribution is 2.41. The molecule has 3 rings (SSSR count). The van der Waals surface area contributed by atoms with Crippen LogP contribution >= 0.6 is 0 Å². The third kappa shape index (κ3) is 5.11. The number of ether oxygens (including phenoxy) is 2. The minimum absolute atomic E-state index is 0.102. The molecule has 1 aliphatic heterocycles. The summed E-state index contributed by atoms with van der Waals surface area (Å²) in [6.45, 7) is 4.48. The van der Waals surface area contributed by atoms with E-state index in [4.69, 9.17) is 9.47 Å². The van der Waals surface area contributed by atoms with Gasteiger partial charge in [-0.1, -0.05) is 31.4 Å². The Hall–Kier alpha value is -1.27. The average molecular weight is 368 g/mol. The lowest BCUT2D eigenvalue weighted by atomic mass is 9.96. The van der Waals surface area contributed by atoms with Gasteiger partial charge in [0.15, 0.2) is 11.5 Å². The predicted octanol–water partition coefficient (Wildman–Crippen LogP) is 3.42. The van der Waals surface area contributed by atoms with Gasteiger partial charge < -0.3 is 9.47 Å². The van der Waals surface area contributed by atoms with E-state index in [0.29, 0.717) is 18.8 Å². The Balaban J connectivity index is 1.47. The average Bonchev–Trinajstić information content (AvgIpc) is 2.86. The SMILES string of the molecule is CC1(C)Cc2cccc(OCCCS(=O)(=O)NC3CCCCC3)c2O1. The fourth-order valence-corrected chi connectivity index (χ4v) is 5.02. The summed E-state index contributed by atoms with van der Waals surface area (Å²) in [5, 5.41) is 0. The van der Waals surface area contributed by atoms with Crippen LogP contribution in [0.3, 0.4) is 0 Å². The molecule has 0 atom stereocenters. The quantitative estimate of drug-likeness (QED) is 0.750. The van der Waals surface area contributed by atoms with Crippen molar-refractivity contribution in [2.45, 2.75) is 70.4 Å². The Morgan fingerprint density at radius 1 is 1.24 bits per heavy atom. The van der Waals surface area contributed by atoms with Crippen LogP contribution in [0.5, 0.6) is 11.5 Å². The molecule has 0 amide bonds. The van der Waals surface area contributed by atoms with Crippen molar-refractivity contribution in [2.75, 3.05) is 12.4 Å². The van der Waals surface area contributed by atoms with Gasteiger partial charge in [-0.25, -0.2) is 13.1 Å². The molecule has 1 aromatic rings. The third-order valence-electron chi connectivity index (χ3n) is 4.82. The molecule has 5 nitrogen and oxygen atoms in total. The van der Waals surface area contributed by atoms with Crippen LogP contribution in [-0.4, -0.2) is 32.4 Å². The molecule has 0 saturated heterocycles. The van der Waals surface area contributed by atoms with Gasteiger partial charge in [0.2, 0.25) is 10.0 Å². The third-order valence-corrected chi connectivity index (χ3v) is 6.34. The first-order valence-corrected chi connectivity index (χ1v) is 10.9. The molecular weight excluding hydrogens is 338 g/mol. The largest absolute Gasteiger partial charge is 0.490 e. The zero-order valence-corrected chi connectivity index (χ0v) is 16.0. The highest BCUT2D eigenvalue weighted by Gasteiger charge is 2.32. The smallest absolute Gasteiger partial charge is 0.211 e. The molecule has 25 heavy (non-hydrogen) atoms. The maximum atomic E-state index is 12.2. The van der Waals surface area contributed by atoms with Crippen molar-refractivity contribution in [3.63, 3.8) is 0 Å². The van der Waals surface area contributed by atoms with Gasteiger partial charge in [-0.05, 0) is 39.2 Å². The van der Waals surface area contributed by atoms with Crippen molar-refractivity contribution < 1.29 is 17.9 Å². The predicted molar refractivity (Wildman–Crippen MR) is 98.8 cm³/mol. The van der Waals surface area contributed by atoms with E-state index >= 15 is 0 Å². The fourth-order valence-electron chi connectivity index (χ4n) is 3.67. The van der Waals surface area contributed by atoms with Crippen molar-refractivity contribution in [1.29, 1.82) is 0 Å². The van der Waals surface area contributed by atoms with Gasteiger partial charge in [-0.3, -0.25) is 0 Å². The topological polar surface area (TPSA) is 64.6 Å². The Bertz CT molecular complexity index is 693. The molecule has 0 bridgehead atoms. The number of hydrogen-bond donors (Lipinski definition) is 1. The number of nitrogens with one attached hydrogen (secondary N) is 1. The van der Waals surface area contributed by atoms with Crippen molar-refractivity contribution in [2.24, 2.45) is 0 Å². The summed E-state index contributed by atoms with van der Waals surface area (Å²) < 4.78 is 39.0. The van der Waals surface area contributed by atoms with Crippen LogP contribution in [-0.2, 0) is 16.4 Å². The van der Waals surface area contributed by atoms with Crippen molar-refractivity contribution in [1.82, 2.24) is 4.72 Å². The van der Waals surface area contributed by atoms with Crippen LogP contribution < -0.4 is 14.2 Å². The summed E-state index contributed by atoms with van der Waals surface area (Å²) in [4.78, 5) is 0. The molecule has 1 N–H and O–H groups in total. The molecule has 0 spiro atoms. The molecule has 1 saturated carbocycles. The molecule has 140 valence electrons. The molecule has 1 aliphatic carbocycles. The van der Waals surface area contributed by atoms with Crippen LogP contribution in [0.2, 0.25) is 0 Å². The molecule has 6 heteroatoms. The molecule has 2 aliphatic rings. The molecule has 1 aromatic carbocycles. The van der Waals surface area contributed by atoms with Gasteiger partial charge in [0, 0.05) is 18.0 Å². The maximum Gasteiger partial charge on any atom is 0.211 e. The normalized spacial score (nSPS) is 20.1. The van der Waals surface area contributed by atoms with Gasteiger partial charge >= 0.3 is 0 Å². The van der Waals surface area contributed by atoms with Gasteiger partial charge in [-0.2, -0.15) is 0 Å². The monoisotopic (exact) mass is 367 g/mol. The summed E-state index contributed by atoms with van der Waals surface area (Å²) in [6, 6.07) is 6.01. The zero-order chi connectivity index (χ0) is 17.9. The minimum Gasteiger partial charge on any atom is -0.490 e. The Morgan fingerprint density at radius 3 is 2.76 bits per heavy atom. The van der Waals surface area contributed by atoms with Crippen LogP contribution in [0.25, 0.3) is 0 Å². The number of hydrogen-bond acceptors (Lipinski definition) is 4. The second kappa shape index (κ2) is 7.54. The highest BCUT2D eigenvalue weighted by molar-refractivity contribution is 7.89. The molecule has 0 radical (unpaired) electrons. The van der Waals surface area contributed by atoms with E-state index in [9.17, 15) is 8.42 Å². The number of rotatable bonds is 7. The number of para-hydroxylation sites is 1. The first-order chi connectivity index (χ1) is 11.8. The Morgan fingerprint density at radius 2 is 2.00 bits per heavy atom. The first-order valence-electron chi connectivity index (χ1n) is 9.28. The summed E-state index contributed by atoms with van der Waals surface area (Å²) in [7, 11) is -3.23. The van der Waals surface area contributed by atoms with Crippen LogP contribution in [0.15, 0.2) is 18.2 Å². The van der Waals surface area contributed by atoms with E-state index in [1.54, 1.807) is 0 Å². The van der Waals surface area contributed by atoms with E-state index < -0.39 is 10.0 Å².